The van der Waals surface area contributed by atoms with E-state index in [1.807, 2.05) is 54.6 Å². The Labute approximate surface area is 313 Å². The smallest absolute Gasteiger partial charge is 0.146 e. The maximum absolute atomic E-state index is 9.65. The lowest BCUT2D eigenvalue weighted by molar-refractivity contribution is 1.10. The Bertz CT molecular complexity index is 3640. The van der Waals surface area contributed by atoms with E-state index in [0.717, 1.165) is 33.0 Å². The lowest BCUT2D eigenvalue weighted by Crippen LogP contribution is -1.99. The van der Waals surface area contributed by atoms with Gasteiger partial charge in [0.1, 0.15) is 5.82 Å². The third kappa shape index (κ3) is 4.02. The number of para-hydroxylation sites is 3. The number of fused-ring (bicyclic) bond motifs is 6. The summed E-state index contributed by atoms with van der Waals surface area (Å²) >= 11 is 0. The van der Waals surface area contributed by atoms with Gasteiger partial charge < -0.3 is 0 Å². The summed E-state index contributed by atoms with van der Waals surface area (Å²) in [6, 6.07) is 24.9. The predicted molar refractivity (Wildman–Crippen MR) is 214 cm³/mol. The summed E-state index contributed by atoms with van der Waals surface area (Å²) in [7, 11) is 0. The van der Waals surface area contributed by atoms with E-state index in [1.54, 1.807) is 48.5 Å². The molecule has 1 heterocycles. The highest BCUT2D eigenvalue weighted by Gasteiger charge is 2.25. The average Bonchev–Trinajstić information content (AvgIpc) is 3.86. The molecule has 236 valence electrons. The summed E-state index contributed by atoms with van der Waals surface area (Å²) in [4.78, 5) is 4.98. The molecule has 0 unspecified atom stereocenters. The van der Waals surface area contributed by atoms with Crippen LogP contribution < -0.4 is 0 Å². The summed E-state index contributed by atoms with van der Waals surface area (Å²) in [6.07, 6.45) is 0. The van der Waals surface area contributed by atoms with Crippen LogP contribution in [0.2, 0.25) is 0 Å². The van der Waals surface area contributed by atoms with Gasteiger partial charge in [0.2, 0.25) is 0 Å². The molecule has 10 aromatic rings. The van der Waals surface area contributed by atoms with Gasteiger partial charge in [-0.1, -0.05) is 157 Å². The third-order valence-corrected chi connectivity index (χ3v) is 9.90. The maximum Gasteiger partial charge on any atom is 0.146 e. The molecule has 0 N–H and O–H groups in total. The molecule has 1 aliphatic rings. The monoisotopic (exact) mass is 659 g/mol. The van der Waals surface area contributed by atoms with Crippen molar-refractivity contribution in [2.75, 3.05) is 0 Å². The number of hydrogen-bond donors (Lipinski definition) is 0. The number of nitrogens with zero attached hydrogens (tertiary/aromatic N) is 2. The lowest BCUT2D eigenvalue weighted by atomic mass is 9.83. The van der Waals surface area contributed by atoms with E-state index in [1.165, 1.54) is 4.57 Å². The number of aromatic nitrogens is 2. The summed E-state index contributed by atoms with van der Waals surface area (Å²) < 4.78 is 120. The normalized spacial score (nSPS) is 15.5. The first-order valence-corrected chi connectivity index (χ1v) is 16.5. The minimum absolute atomic E-state index is 0.00277. The van der Waals surface area contributed by atoms with Crippen molar-refractivity contribution in [3.8, 4) is 61.6 Å². The Hall–Kier alpha value is -6.77. The van der Waals surface area contributed by atoms with Crippen molar-refractivity contribution in [2.24, 2.45) is 0 Å². The van der Waals surface area contributed by atoms with Crippen LogP contribution in [0.3, 0.4) is 0 Å². The fourth-order valence-corrected chi connectivity index (χ4v) is 7.87. The molecule has 2 heteroatoms. The van der Waals surface area contributed by atoms with Crippen molar-refractivity contribution in [1.82, 2.24) is 9.55 Å². The van der Waals surface area contributed by atoms with E-state index in [4.69, 9.17) is 17.3 Å². The molecular formula is C49H30N2. The highest BCUT2D eigenvalue weighted by atomic mass is 15.1. The Kier molecular flexibility index (Phi) is 3.90. The molecule has 0 radical (unpaired) electrons. The largest absolute Gasteiger partial charge is 0.292 e. The van der Waals surface area contributed by atoms with Crippen LogP contribution in [-0.2, 0) is 0 Å². The molecule has 0 aliphatic heterocycles. The second-order valence-corrected chi connectivity index (χ2v) is 12.5. The van der Waals surface area contributed by atoms with Crippen molar-refractivity contribution in [3.63, 3.8) is 0 Å². The Morgan fingerprint density at radius 2 is 0.902 bits per heavy atom. The summed E-state index contributed by atoms with van der Waals surface area (Å²) in [5, 5.41) is 1.73. The highest BCUT2D eigenvalue weighted by Crippen LogP contribution is 2.52. The molecule has 51 heavy (non-hydrogen) atoms. The van der Waals surface area contributed by atoms with Crippen LogP contribution in [-0.4, -0.2) is 9.55 Å². The lowest BCUT2D eigenvalue weighted by Gasteiger charge is -2.21. The van der Waals surface area contributed by atoms with Crippen LogP contribution in [0.4, 0.5) is 0 Å². The van der Waals surface area contributed by atoms with Crippen LogP contribution >= 0.6 is 0 Å². The molecule has 0 fully saturated rings. The summed E-state index contributed by atoms with van der Waals surface area (Å²) in [6.45, 7) is 0. The molecule has 9 aromatic carbocycles. The zero-order valence-corrected chi connectivity index (χ0v) is 26.7. The molecular weight excluding hydrogens is 617 g/mol. The highest BCUT2D eigenvalue weighted by molar-refractivity contribution is 6.27. The molecule has 0 atom stereocenters. The average molecular weight is 660 g/mol. The predicted octanol–water partition coefficient (Wildman–Crippen LogP) is 13.1. The van der Waals surface area contributed by atoms with Gasteiger partial charge in [0.25, 0.3) is 0 Å². The first-order chi connectivity index (χ1) is 30.7. The first-order valence-electron chi connectivity index (χ1n) is 23.0. The zero-order chi connectivity index (χ0) is 44.8. The minimum atomic E-state index is -0.573. The van der Waals surface area contributed by atoms with Gasteiger partial charge in [-0.15, -0.1) is 0 Å². The first kappa shape index (κ1) is 18.3. The number of imidazole rings is 1. The van der Waals surface area contributed by atoms with Gasteiger partial charge in [-0.2, -0.15) is 0 Å². The van der Waals surface area contributed by atoms with E-state index >= 15 is 0 Å². The topological polar surface area (TPSA) is 17.8 Å². The molecule has 0 bridgehead atoms. The number of rotatable bonds is 4. The quantitative estimate of drug-likeness (QED) is 0.172. The Balaban J connectivity index is 1.35. The SMILES string of the molecule is [2H]c1c([2H])c([2H])c(-n2c(-c3ccccc3-c3c4c([2H])c([2H])c([2H])c([2H])c4c(-c4ccc5c6c(cccc46)-c4ccccc4-5)c4c([2H])c([2H])c([2H])c([2H])c34)nc3ccccc32)c([2H])c1[2H]. The van der Waals surface area contributed by atoms with E-state index < -0.39 is 78.6 Å². The molecule has 0 saturated carbocycles. The Morgan fingerprint density at radius 3 is 1.59 bits per heavy atom. The van der Waals surface area contributed by atoms with Crippen LogP contribution in [0, 0.1) is 0 Å². The number of benzene rings is 9. The van der Waals surface area contributed by atoms with Crippen molar-refractivity contribution >= 4 is 43.4 Å². The van der Waals surface area contributed by atoms with Gasteiger partial charge in [0, 0.05) is 11.3 Å². The van der Waals surface area contributed by atoms with E-state index in [9.17, 15) is 5.48 Å². The van der Waals surface area contributed by atoms with E-state index in [0.29, 0.717) is 22.2 Å². The van der Waals surface area contributed by atoms with Crippen LogP contribution in [0.5, 0.6) is 0 Å². The number of hydrogen-bond acceptors (Lipinski definition) is 1. The fraction of sp³-hybridized carbons (Fsp3) is 0. The van der Waals surface area contributed by atoms with Gasteiger partial charge in [0.05, 0.1) is 28.9 Å². The third-order valence-electron chi connectivity index (χ3n) is 9.90. The molecule has 11 rings (SSSR count). The second-order valence-electron chi connectivity index (χ2n) is 12.5. The maximum atomic E-state index is 9.65. The van der Waals surface area contributed by atoms with Crippen molar-refractivity contribution < 1.29 is 17.8 Å². The van der Waals surface area contributed by atoms with E-state index in [-0.39, 0.29) is 49.7 Å². The van der Waals surface area contributed by atoms with Gasteiger partial charge in [-0.05, 0) is 101 Å². The molecule has 1 aliphatic carbocycles. The summed E-state index contributed by atoms with van der Waals surface area (Å²) in [5.41, 5.74) is 6.02. The Morgan fingerprint density at radius 1 is 0.392 bits per heavy atom. The van der Waals surface area contributed by atoms with Crippen LogP contribution in [0.15, 0.2) is 182 Å². The van der Waals surface area contributed by atoms with Gasteiger partial charge in [-0.3, -0.25) is 4.57 Å². The molecule has 0 spiro atoms. The van der Waals surface area contributed by atoms with E-state index in [2.05, 4.69) is 0 Å². The van der Waals surface area contributed by atoms with Gasteiger partial charge in [-0.25, -0.2) is 4.98 Å². The van der Waals surface area contributed by atoms with Crippen molar-refractivity contribution in [3.05, 3.63) is 182 Å². The summed E-state index contributed by atoms with van der Waals surface area (Å²) in [5.74, 6) is 0.120. The zero-order valence-electron chi connectivity index (χ0n) is 39.7. The molecule has 1 aromatic heterocycles. The molecule has 2 nitrogen and oxygen atoms in total. The standard InChI is InChI=1S/C49H30N2/c1-2-15-31(16-3-1)51-45-28-13-12-27-44(45)50-49(51)43-24-11-10-23-40(43)47-35-19-6-8-21-37(35)48(38-22-9-7-20-36(38)47)42-30-29-41-33-18-5-4-17-32(33)34-25-14-26-39(42)46(34)41/h1-30H/i1D,2D,3D,6D,7D,8D,9D,15D,16D,19D,20D,21D,22D. The second kappa shape index (κ2) is 10.9. The molecule has 0 amide bonds. The van der Waals surface area contributed by atoms with Crippen molar-refractivity contribution in [2.45, 2.75) is 0 Å². The molecule has 0 saturated heterocycles. The minimum Gasteiger partial charge on any atom is -0.292 e. The van der Waals surface area contributed by atoms with Crippen LogP contribution in [0.1, 0.15) is 17.8 Å². The van der Waals surface area contributed by atoms with Crippen LogP contribution in [0.25, 0.3) is 105 Å². The van der Waals surface area contributed by atoms with Gasteiger partial charge >= 0.3 is 0 Å². The fourth-order valence-electron chi connectivity index (χ4n) is 7.87. The van der Waals surface area contributed by atoms with Gasteiger partial charge in [0.15, 0.2) is 0 Å². The van der Waals surface area contributed by atoms with Crippen molar-refractivity contribution in [1.29, 1.82) is 0 Å².